The second-order valence-corrected chi connectivity index (χ2v) is 5.05. The molecular formula is C16H16N2O4. The molecule has 0 unspecified atom stereocenters. The molecule has 0 radical (unpaired) electrons. The van der Waals surface area contributed by atoms with Gasteiger partial charge in [0.25, 0.3) is 0 Å². The van der Waals surface area contributed by atoms with Gasteiger partial charge in [0.1, 0.15) is 0 Å². The molecule has 2 heterocycles. The summed E-state index contributed by atoms with van der Waals surface area (Å²) < 4.78 is 12.1. The first-order valence-corrected chi connectivity index (χ1v) is 7.17. The van der Waals surface area contributed by atoms with Crippen LogP contribution in [0.4, 0.5) is 0 Å². The number of rotatable bonds is 5. The van der Waals surface area contributed by atoms with E-state index in [4.69, 9.17) is 9.47 Å². The van der Waals surface area contributed by atoms with E-state index in [2.05, 4.69) is 5.10 Å². The molecule has 1 aromatic heterocycles. The molecule has 0 bridgehead atoms. The normalized spacial score (nSPS) is 16.7. The van der Waals surface area contributed by atoms with E-state index in [1.165, 1.54) is 0 Å². The Morgan fingerprint density at radius 3 is 3.05 bits per heavy atom. The average Bonchev–Trinajstić information content (AvgIpc) is 3.04. The van der Waals surface area contributed by atoms with Crippen molar-refractivity contribution in [2.45, 2.75) is 25.5 Å². The zero-order chi connectivity index (χ0) is 15.4. The van der Waals surface area contributed by atoms with Gasteiger partial charge in [-0.15, -0.1) is 0 Å². The Morgan fingerprint density at radius 1 is 1.36 bits per heavy atom. The van der Waals surface area contributed by atoms with Crippen LogP contribution in [0, 0.1) is 0 Å². The van der Waals surface area contributed by atoms with Gasteiger partial charge in [-0.25, -0.2) is 9.59 Å². The van der Waals surface area contributed by atoms with Crippen LogP contribution < -0.4 is 0 Å². The molecule has 1 atom stereocenters. The number of nitrogens with zero attached hydrogens (tertiary/aromatic N) is 2. The minimum Gasteiger partial charge on any atom is -0.463 e. The molecule has 0 aliphatic carbocycles. The van der Waals surface area contributed by atoms with Gasteiger partial charge in [-0.05, 0) is 17.7 Å². The number of aryl methyl sites for hydroxylation is 1. The Kier molecular flexibility index (Phi) is 4.18. The van der Waals surface area contributed by atoms with Crippen LogP contribution in [0.5, 0.6) is 0 Å². The first kappa shape index (κ1) is 14.3. The van der Waals surface area contributed by atoms with Crippen LogP contribution in [-0.2, 0) is 27.2 Å². The summed E-state index contributed by atoms with van der Waals surface area (Å²) in [6, 6.07) is 8.97. The zero-order valence-electron chi connectivity index (χ0n) is 12.0. The molecule has 0 saturated carbocycles. The zero-order valence-corrected chi connectivity index (χ0v) is 12.0. The van der Waals surface area contributed by atoms with Crippen LogP contribution in [0.2, 0.25) is 0 Å². The van der Waals surface area contributed by atoms with Crippen molar-refractivity contribution in [2.24, 2.45) is 0 Å². The summed E-state index contributed by atoms with van der Waals surface area (Å²) in [5, 5.41) is 4.06. The Morgan fingerprint density at radius 2 is 2.23 bits per heavy atom. The molecule has 1 aliphatic rings. The summed E-state index contributed by atoms with van der Waals surface area (Å²) in [5.41, 5.74) is 1.34. The van der Waals surface area contributed by atoms with E-state index in [1.807, 2.05) is 24.4 Å². The van der Waals surface area contributed by atoms with E-state index in [-0.39, 0.29) is 6.61 Å². The Hall–Kier alpha value is -2.63. The van der Waals surface area contributed by atoms with Crippen LogP contribution >= 0.6 is 0 Å². The number of esters is 2. The Labute approximate surface area is 127 Å². The third kappa shape index (κ3) is 3.16. The Balaban J connectivity index is 1.50. The molecule has 6 heteroatoms. The summed E-state index contributed by atoms with van der Waals surface area (Å²) in [5.74, 6) is -0.969. The molecule has 0 saturated heterocycles. The lowest BCUT2D eigenvalue weighted by Gasteiger charge is -2.23. The van der Waals surface area contributed by atoms with Gasteiger partial charge in [0.2, 0.25) is 6.10 Å². The second-order valence-electron chi connectivity index (χ2n) is 5.05. The third-order valence-corrected chi connectivity index (χ3v) is 3.49. The number of aromatic nitrogens is 2. The van der Waals surface area contributed by atoms with Gasteiger partial charge in [-0.3, -0.25) is 4.68 Å². The number of hydrogen-bond acceptors (Lipinski definition) is 5. The fraction of sp³-hybridized carbons (Fsp3) is 0.312. The summed E-state index contributed by atoms with van der Waals surface area (Å²) >= 11 is 0. The molecule has 3 rings (SSSR count). The Bertz CT molecular complexity index is 667. The molecule has 2 aromatic rings. The lowest BCUT2D eigenvalue weighted by atomic mass is 9.99. The molecular weight excluding hydrogens is 284 g/mol. The van der Waals surface area contributed by atoms with E-state index >= 15 is 0 Å². The standard InChI is InChI=1S/C16H16N2O4/c19-15-13-6-2-1-5-12(13)11-14(22-15)16(20)21-10-4-9-18-8-3-7-17-18/h1-3,5-8,14H,4,9-11H2/t14-/m1/s1. The molecule has 114 valence electrons. The van der Waals surface area contributed by atoms with Crippen LogP contribution in [0.15, 0.2) is 42.7 Å². The van der Waals surface area contributed by atoms with Crippen molar-refractivity contribution in [3.63, 3.8) is 0 Å². The maximum Gasteiger partial charge on any atom is 0.347 e. The molecule has 0 N–H and O–H groups in total. The molecule has 1 aliphatic heterocycles. The van der Waals surface area contributed by atoms with Gasteiger partial charge in [0.05, 0.1) is 12.2 Å². The van der Waals surface area contributed by atoms with Crippen molar-refractivity contribution >= 4 is 11.9 Å². The topological polar surface area (TPSA) is 70.4 Å². The predicted octanol–water partition coefficient (Wildman–Crippen LogP) is 1.60. The monoisotopic (exact) mass is 300 g/mol. The van der Waals surface area contributed by atoms with Crippen LogP contribution in [-0.4, -0.2) is 34.4 Å². The lowest BCUT2D eigenvalue weighted by Crippen LogP contribution is -2.35. The highest BCUT2D eigenvalue weighted by Crippen LogP contribution is 2.21. The van der Waals surface area contributed by atoms with E-state index in [0.717, 1.165) is 5.56 Å². The van der Waals surface area contributed by atoms with Crippen molar-refractivity contribution in [1.29, 1.82) is 0 Å². The number of carbonyl (C=O) groups is 2. The van der Waals surface area contributed by atoms with Crippen molar-refractivity contribution in [1.82, 2.24) is 9.78 Å². The maximum atomic E-state index is 12.0. The van der Waals surface area contributed by atoms with E-state index in [0.29, 0.717) is 24.9 Å². The molecule has 0 fully saturated rings. The molecule has 6 nitrogen and oxygen atoms in total. The highest BCUT2D eigenvalue weighted by molar-refractivity contribution is 5.94. The van der Waals surface area contributed by atoms with Crippen LogP contribution in [0.1, 0.15) is 22.3 Å². The maximum absolute atomic E-state index is 12.0. The largest absolute Gasteiger partial charge is 0.463 e. The number of fused-ring (bicyclic) bond motifs is 1. The summed E-state index contributed by atoms with van der Waals surface area (Å²) in [7, 11) is 0. The van der Waals surface area contributed by atoms with Crippen molar-refractivity contribution < 1.29 is 19.1 Å². The number of benzene rings is 1. The van der Waals surface area contributed by atoms with Crippen molar-refractivity contribution in [3.05, 3.63) is 53.9 Å². The predicted molar refractivity (Wildman–Crippen MR) is 77.2 cm³/mol. The molecule has 22 heavy (non-hydrogen) atoms. The summed E-state index contributed by atoms with van der Waals surface area (Å²) in [4.78, 5) is 23.8. The van der Waals surface area contributed by atoms with Gasteiger partial charge in [-0.2, -0.15) is 5.10 Å². The number of carbonyl (C=O) groups excluding carboxylic acids is 2. The first-order valence-electron chi connectivity index (χ1n) is 7.17. The molecule has 1 aromatic carbocycles. The fourth-order valence-electron chi connectivity index (χ4n) is 2.39. The van der Waals surface area contributed by atoms with E-state index in [1.54, 1.807) is 23.0 Å². The van der Waals surface area contributed by atoms with Gasteiger partial charge >= 0.3 is 11.9 Å². The van der Waals surface area contributed by atoms with Crippen LogP contribution in [0.3, 0.4) is 0 Å². The SMILES string of the molecule is O=C1O[C@@H](C(=O)OCCCn2cccn2)Cc2ccccc21. The van der Waals surface area contributed by atoms with Crippen molar-refractivity contribution in [3.8, 4) is 0 Å². The second kappa shape index (κ2) is 6.43. The van der Waals surface area contributed by atoms with Gasteiger partial charge in [0, 0.05) is 31.8 Å². The highest BCUT2D eigenvalue weighted by atomic mass is 16.6. The summed E-state index contributed by atoms with van der Waals surface area (Å²) in [6.45, 7) is 0.946. The van der Waals surface area contributed by atoms with Crippen LogP contribution in [0.25, 0.3) is 0 Å². The van der Waals surface area contributed by atoms with Gasteiger partial charge in [-0.1, -0.05) is 18.2 Å². The smallest absolute Gasteiger partial charge is 0.347 e. The number of cyclic esters (lactones) is 1. The summed E-state index contributed by atoms with van der Waals surface area (Å²) in [6.07, 6.45) is 3.71. The molecule has 0 amide bonds. The molecule has 0 spiro atoms. The van der Waals surface area contributed by atoms with E-state index in [9.17, 15) is 9.59 Å². The van der Waals surface area contributed by atoms with Crippen molar-refractivity contribution in [2.75, 3.05) is 6.61 Å². The number of ether oxygens (including phenoxy) is 2. The third-order valence-electron chi connectivity index (χ3n) is 3.49. The minimum atomic E-state index is -0.855. The average molecular weight is 300 g/mol. The van der Waals surface area contributed by atoms with E-state index < -0.39 is 18.0 Å². The first-order chi connectivity index (χ1) is 10.7. The lowest BCUT2D eigenvalue weighted by molar-refractivity contribution is -0.154. The minimum absolute atomic E-state index is 0.272. The number of hydrogen-bond donors (Lipinski definition) is 0. The van der Waals surface area contributed by atoms with Gasteiger partial charge < -0.3 is 9.47 Å². The quantitative estimate of drug-likeness (QED) is 0.619. The highest BCUT2D eigenvalue weighted by Gasteiger charge is 2.31. The fourth-order valence-corrected chi connectivity index (χ4v) is 2.39. The van der Waals surface area contributed by atoms with Gasteiger partial charge in [0.15, 0.2) is 0 Å².